The molecule has 0 aromatic heterocycles. The fourth-order valence-corrected chi connectivity index (χ4v) is 2.02. The van der Waals surface area contributed by atoms with Crippen molar-refractivity contribution in [2.45, 2.75) is 19.9 Å². The molecule has 0 heterocycles. The van der Waals surface area contributed by atoms with Crippen molar-refractivity contribution in [3.8, 4) is 0 Å². The number of nitro benzene ring substituents is 1. The van der Waals surface area contributed by atoms with Crippen LogP contribution in [0.5, 0.6) is 0 Å². The summed E-state index contributed by atoms with van der Waals surface area (Å²) >= 11 is 0. The minimum atomic E-state index is -1.10. The third-order valence-electron chi connectivity index (χ3n) is 3.11. The van der Waals surface area contributed by atoms with E-state index in [-0.39, 0.29) is 18.3 Å². The Labute approximate surface area is 128 Å². The summed E-state index contributed by atoms with van der Waals surface area (Å²) in [5.41, 5.74) is 0.201. The van der Waals surface area contributed by atoms with E-state index in [9.17, 15) is 19.7 Å². The Kier molecular flexibility index (Phi) is 5.85. The van der Waals surface area contributed by atoms with Crippen LogP contribution in [0.1, 0.15) is 13.8 Å². The maximum absolute atomic E-state index is 12.2. The predicted molar refractivity (Wildman–Crippen MR) is 80.9 cm³/mol. The Morgan fingerprint density at radius 1 is 1.27 bits per heavy atom. The van der Waals surface area contributed by atoms with E-state index in [2.05, 4.69) is 0 Å². The van der Waals surface area contributed by atoms with Crippen LogP contribution >= 0.6 is 0 Å². The molecule has 1 aromatic carbocycles. The molecule has 1 aromatic rings. The molecular formula is C14H19N3O5. The summed E-state index contributed by atoms with van der Waals surface area (Å²) in [5.74, 6) is -1.51. The number of hydrogen-bond acceptors (Lipinski definition) is 5. The van der Waals surface area contributed by atoms with Crippen LogP contribution in [0, 0.1) is 10.1 Å². The van der Waals surface area contributed by atoms with Crippen LogP contribution in [0.4, 0.5) is 11.4 Å². The molecular weight excluding hydrogens is 290 g/mol. The number of likely N-dealkylation sites (N-methyl/N-ethyl adjacent to an activating group) is 1. The van der Waals surface area contributed by atoms with Crippen molar-refractivity contribution in [1.29, 1.82) is 0 Å². The van der Waals surface area contributed by atoms with Crippen molar-refractivity contribution in [3.63, 3.8) is 0 Å². The van der Waals surface area contributed by atoms with Crippen LogP contribution < -0.4 is 4.90 Å². The maximum atomic E-state index is 12.2. The van der Waals surface area contributed by atoms with Crippen molar-refractivity contribution in [1.82, 2.24) is 4.90 Å². The SMILES string of the molecule is CC(C)N(CC(=O)O)C(=O)CN(C)c1ccccc1[N+](=O)[O-]. The highest BCUT2D eigenvalue weighted by Gasteiger charge is 2.23. The molecule has 0 aliphatic heterocycles. The largest absolute Gasteiger partial charge is 0.480 e. The van der Waals surface area contributed by atoms with Crippen LogP contribution in [0.15, 0.2) is 24.3 Å². The molecule has 8 nitrogen and oxygen atoms in total. The van der Waals surface area contributed by atoms with Gasteiger partial charge >= 0.3 is 5.97 Å². The highest BCUT2D eigenvalue weighted by atomic mass is 16.6. The molecule has 0 radical (unpaired) electrons. The number of carbonyl (C=O) groups excluding carboxylic acids is 1. The van der Waals surface area contributed by atoms with Crippen LogP contribution in [0.3, 0.4) is 0 Å². The highest BCUT2D eigenvalue weighted by molar-refractivity contribution is 5.85. The summed E-state index contributed by atoms with van der Waals surface area (Å²) in [6.07, 6.45) is 0. The Bertz CT molecular complexity index is 573. The van der Waals surface area contributed by atoms with E-state index in [1.165, 1.54) is 15.9 Å². The van der Waals surface area contributed by atoms with Gasteiger partial charge in [-0.1, -0.05) is 12.1 Å². The summed E-state index contributed by atoms with van der Waals surface area (Å²) in [6, 6.07) is 5.81. The van der Waals surface area contributed by atoms with Gasteiger partial charge in [-0.25, -0.2) is 0 Å². The number of nitro groups is 1. The number of para-hydroxylation sites is 2. The lowest BCUT2D eigenvalue weighted by Gasteiger charge is -2.28. The molecule has 120 valence electrons. The van der Waals surface area contributed by atoms with Gasteiger partial charge in [-0.05, 0) is 19.9 Å². The van der Waals surface area contributed by atoms with Gasteiger partial charge in [0.15, 0.2) is 0 Å². The normalized spacial score (nSPS) is 10.4. The van der Waals surface area contributed by atoms with Gasteiger partial charge in [0, 0.05) is 19.2 Å². The number of carbonyl (C=O) groups is 2. The molecule has 0 aliphatic rings. The molecule has 0 atom stereocenters. The molecule has 8 heteroatoms. The quantitative estimate of drug-likeness (QED) is 0.602. The fourth-order valence-electron chi connectivity index (χ4n) is 2.02. The number of anilines is 1. The first kappa shape index (κ1) is 17.4. The maximum Gasteiger partial charge on any atom is 0.323 e. The summed E-state index contributed by atoms with van der Waals surface area (Å²) < 4.78 is 0. The summed E-state index contributed by atoms with van der Waals surface area (Å²) in [7, 11) is 1.56. The van der Waals surface area contributed by atoms with Crippen molar-refractivity contribution in [3.05, 3.63) is 34.4 Å². The molecule has 0 fully saturated rings. The molecule has 1 amide bonds. The van der Waals surface area contributed by atoms with Crippen LogP contribution in [-0.4, -0.2) is 53.0 Å². The van der Waals surface area contributed by atoms with Crippen molar-refractivity contribution in [2.24, 2.45) is 0 Å². The number of carboxylic acids is 1. The topological polar surface area (TPSA) is 104 Å². The van der Waals surface area contributed by atoms with Gasteiger partial charge in [-0.3, -0.25) is 19.7 Å². The standard InChI is InChI=1S/C14H19N3O5/c1-10(2)16(9-14(19)20)13(18)8-15(3)11-6-4-5-7-12(11)17(21)22/h4-7,10H,8-9H2,1-3H3,(H,19,20). The molecule has 1 rings (SSSR count). The molecule has 0 spiro atoms. The molecule has 0 unspecified atom stereocenters. The third-order valence-corrected chi connectivity index (χ3v) is 3.11. The first-order valence-electron chi connectivity index (χ1n) is 6.69. The molecule has 0 bridgehead atoms. The fraction of sp³-hybridized carbons (Fsp3) is 0.429. The van der Waals surface area contributed by atoms with Crippen molar-refractivity contribution < 1.29 is 19.6 Å². The third kappa shape index (κ3) is 4.44. The van der Waals surface area contributed by atoms with E-state index in [4.69, 9.17) is 5.11 Å². The van der Waals surface area contributed by atoms with Crippen LogP contribution in [0.25, 0.3) is 0 Å². The van der Waals surface area contributed by atoms with E-state index in [0.717, 1.165) is 0 Å². The van der Waals surface area contributed by atoms with E-state index < -0.39 is 23.3 Å². The van der Waals surface area contributed by atoms with Gasteiger partial charge in [-0.15, -0.1) is 0 Å². The number of rotatable bonds is 7. The minimum absolute atomic E-state index is 0.105. The molecule has 0 aliphatic carbocycles. The van der Waals surface area contributed by atoms with Gasteiger partial charge < -0.3 is 14.9 Å². The lowest BCUT2D eigenvalue weighted by molar-refractivity contribution is -0.384. The monoisotopic (exact) mass is 309 g/mol. The minimum Gasteiger partial charge on any atom is -0.480 e. The molecule has 0 saturated heterocycles. The van der Waals surface area contributed by atoms with E-state index in [1.54, 1.807) is 39.1 Å². The molecule has 0 saturated carbocycles. The molecule has 22 heavy (non-hydrogen) atoms. The average Bonchev–Trinajstić information content (AvgIpc) is 2.43. The smallest absolute Gasteiger partial charge is 0.323 e. The van der Waals surface area contributed by atoms with Crippen molar-refractivity contribution in [2.75, 3.05) is 25.0 Å². The second-order valence-electron chi connectivity index (χ2n) is 5.11. The zero-order chi connectivity index (χ0) is 16.9. The lowest BCUT2D eigenvalue weighted by Crippen LogP contribution is -2.45. The number of amides is 1. The first-order valence-corrected chi connectivity index (χ1v) is 6.69. The summed E-state index contributed by atoms with van der Waals surface area (Å²) in [4.78, 5) is 36.2. The first-order chi connectivity index (χ1) is 10.2. The number of nitrogens with zero attached hydrogens (tertiary/aromatic N) is 3. The van der Waals surface area contributed by atoms with Crippen LogP contribution in [-0.2, 0) is 9.59 Å². The number of hydrogen-bond donors (Lipinski definition) is 1. The Morgan fingerprint density at radius 2 is 1.86 bits per heavy atom. The van der Waals surface area contributed by atoms with Crippen LogP contribution in [0.2, 0.25) is 0 Å². The second kappa shape index (κ2) is 7.39. The van der Waals surface area contributed by atoms with E-state index in [0.29, 0.717) is 5.69 Å². The number of carboxylic acid groups (broad SMARTS) is 1. The Hall–Kier alpha value is -2.64. The highest BCUT2D eigenvalue weighted by Crippen LogP contribution is 2.26. The number of aliphatic carboxylic acids is 1. The van der Waals surface area contributed by atoms with Crippen molar-refractivity contribution >= 4 is 23.3 Å². The summed E-state index contributed by atoms with van der Waals surface area (Å²) in [5, 5.41) is 19.9. The average molecular weight is 309 g/mol. The number of benzene rings is 1. The van der Waals surface area contributed by atoms with Gasteiger partial charge in [0.05, 0.1) is 11.5 Å². The van der Waals surface area contributed by atoms with Gasteiger partial charge in [0.25, 0.3) is 5.69 Å². The van der Waals surface area contributed by atoms with E-state index in [1.807, 2.05) is 0 Å². The predicted octanol–water partition coefficient (Wildman–Crippen LogP) is 1.35. The van der Waals surface area contributed by atoms with Gasteiger partial charge in [0.1, 0.15) is 12.2 Å². The Morgan fingerprint density at radius 3 is 2.36 bits per heavy atom. The van der Waals surface area contributed by atoms with Gasteiger partial charge in [-0.2, -0.15) is 0 Å². The summed E-state index contributed by atoms with van der Waals surface area (Å²) in [6.45, 7) is 2.88. The van der Waals surface area contributed by atoms with Gasteiger partial charge in [0.2, 0.25) is 5.91 Å². The lowest BCUT2D eigenvalue weighted by atomic mass is 10.2. The molecule has 1 N–H and O–H groups in total. The zero-order valence-corrected chi connectivity index (χ0v) is 12.7. The zero-order valence-electron chi connectivity index (χ0n) is 12.7. The van der Waals surface area contributed by atoms with E-state index >= 15 is 0 Å². The second-order valence-corrected chi connectivity index (χ2v) is 5.11. The Balaban J connectivity index is 2.91.